The molecule has 0 radical (unpaired) electrons. The number of methoxy groups -OCH3 is 1. The molecule has 2 rings (SSSR count). The van der Waals surface area contributed by atoms with E-state index in [0.717, 1.165) is 6.42 Å². The SMILES string of the molecule is C=C1NC(=O)N[C@H](c2ccc(OCCC)c(OC)c2)[C@H]1C(=O)OCC(F)(F)F. The van der Waals surface area contributed by atoms with Crippen LogP contribution >= 0.6 is 0 Å². The first kappa shape index (κ1) is 21.4. The smallest absolute Gasteiger partial charge is 0.422 e. The van der Waals surface area contributed by atoms with E-state index in [4.69, 9.17) is 9.47 Å². The Balaban J connectivity index is 2.31. The number of rotatable bonds is 7. The maximum absolute atomic E-state index is 12.4. The number of esters is 1. The molecular weight excluding hydrogens is 381 g/mol. The third-order valence-corrected chi connectivity index (χ3v) is 3.91. The van der Waals surface area contributed by atoms with Crippen LogP contribution in [0.2, 0.25) is 0 Å². The summed E-state index contributed by atoms with van der Waals surface area (Å²) in [5.41, 5.74) is 0.358. The molecular formula is C18H21F3N2O5. The molecule has 0 aliphatic carbocycles. The molecule has 1 aliphatic rings. The van der Waals surface area contributed by atoms with E-state index >= 15 is 0 Å². The van der Waals surface area contributed by atoms with Gasteiger partial charge in [0.25, 0.3) is 0 Å². The van der Waals surface area contributed by atoms with Gasteiger partial charge in [-0.1, -0.05) is 19.6 Å². The topological polar surface area (TPSA) is 85.9 Å². The number of benzene rings is 1. The highest BCUT2D eigenvalue weighted by molar-refractivity contribution is 5.85. The van der Waals surface area contributed by atoms with Crippen molar-refractivity contribution >= 4 is 12.0 Å². The molecule has 1 aliphatic heterocycles. The highest BCUT2D eigenvalue weighted by Gasteiger charge is 2.41. The fourth-order valence-corrected chi connectivity index (χ4v) is 2.69. The first-order valence-corrected chi connectivity index (χ1v) is 8.46. The van der Waals surface area contributed by atoms with E-state index in [1.165, 1.54) is 7.11 Å². The van der Waals surface area contributed by atoms with Gasteiger partial charge in [-0.05, 0) is 24.1 Å². The lowest BCUT2D eigenvalue weighted by molar-refractivity contribution is -0.189. The summed E-state index contributed by atoms with van der Waals surface area (Å²) >= 11 is 0. The summed E-state index contributed by atoms with van der Waals surface area (Å²) in [5, 5.41) is 4.81. The Kier molecular flexibility index (Phi) is 6.76. The standard InChI is InChI=1S/C18H21F3N2O5/c1-4-7-27-12-6-5-11(8-13(12)26-3)15-14(10(2)22-17(25)23-15)16(24)28-9-18(19,20)21/h5-6,8,14-15H,2,4,7,9H2,1,3H3,(H2,22,23,25)/t14-,15+/m0/s1. The van der Waals surface area contributed by atoms with E-state index < -0.39 is 36.7 Å². The Morgan fingerprint density at radius 3 is 2.61 bits per heavy atom. The number of nitrogens with one attached hydrogen (secondary N) is 2. The van der Waals surface area contributed by atoms with Crippen molar-refractivity contribution in [3.05, 3.63) is 36.0 Å². The first-order valence-electron chi connectivity index (χ1n) is 8.46. The molecule has 2 atom stereocenters. The van der Waals surface area contributed by atoms with Crippen LogP contribution in [-0.2, 0) is 9.53 Å². The summed E-state index contributed by atoms with van der Waals surface area (Å²) < 4.78 is 52.4. The van der Waals surface area contributed by atoms with Crippen molar-refractivity contribution in [1.29, 1.82) is 0 Å². The second-order valence-electron chi connectivity index (χ2n) is 6.06. The van der Waals surface area contributed by atoms with Gasteiger partial charge in [0.2, 0.25) is 0 Å². The molecule has 0 spiro atoms. The summed E-state index contributed by atoms with van der Waals surface area (Å²) in [6, 6.07) is 3.09. The molecule has 2 amide bonds. The zero-order chi connectivity index (χ0) is 20.9. The molecule has 1 aromatic carbocycles. The molecule has 2 N–H and O–H groups in total. The van der Waals surface area contributed by atoms with E-state index in [9.17, 15) is 22.8 Å². The molecule has 154 valence electrons. The van der Waals surface area contributed by atoms with Crippen LogP contribution in [0, 0.1) is 5.92 Å². The van der Waals surface area contributed by atoms with Gasteiger partial charge in [-0.25, -0.2) is 4.79 Å². The Morgan fingerprint density at radius 2 is 2.00 bits per heavy atom. The van der Waals surface area contributed by atoms with Gasteiger partial charge in [-0.2, -0.15) is 13.2 Å². The van der Waals surface area contributed by atoms with Crippen LogP contribution in [0.5, 0.6) is 11.5 Å². The normalized spacial score (nSPS) is 19.5. The maximum Gasteiger partial charge on any atom is 0.422 e. The molecule has 1 heterocycles. The molecule has 0 aromatic heterocycles. The number of halogens is 3. The van der Waals surface area contributed by atoms with Crippen LogP contribution in [0.4, 0.5) is 18.0 Å². The number of hydrogen-bond donors (Lipinski definition) is 2. The van der Waals surface area contributed by atoms with Crippen LogP contribution < -0.4 is 20.1 Å². The summed E-state index contributed by atoms with van der Waals surface area (Å²) in [7, 11) is 1.42. The number of urea groups is 1. The number of ether oxygens (including phenoxy) is 3. The van der Waals surface area contributed by atoms with E-state index in [1.54, 1.807) is 18.2 Å². The Labute approximate surface area is 159 Å². The van der Waals surface area contributed by atoms with Crippen molar-refractivity contribution in [2.45, 2.75) is 25.6 Å². The van der Waals surface area contributed by atoms with Gasteiger partial charge in [-0.3, -0.25) is 4.79 Å². The second kappa shape index (κ2) is 8.85. The van der Waals surface area contributed by atoms with E-state index in [0.29, 0.717) is 23.7 Å². The number of carbonyl (C=O) groups is 2. The van der Waals surface area contributed by atoms with E-state index in [1.807, 2.05) is 6.92 Å². The highest BCUT2D eigenvalue weighted by Crippen LogP contribution is 2.36. The minimum absolute atomic E-state index is 0.0637. The van der Waals surface area contributed by atoms with Crippen LogP contribution in [0.3, 0.4) is 0 Å². The lowest BCUT2D eigenvalue weighted by Crippen LogP contribution is -2.51. The summed E-state index contributed by atoms with van der Waals surface area (Å²) in [6.07, 6.45) is -3.89. The highest BCUT2D eigenvalue weighted by atomic mass is 19.4. The fourth-order valence-electron chi connectivity index (χ4n) is 2.69. The second-order valence-corrected chi connectivity index (χ2v) is 6.06. The summed E-state index contributed by atoms with van der Waals surface area (Å²) in [5.74, 6) is -1.60. The van der Waals surface area contributed by atoms with Crippen LogP contribution in [-0.4, -0.2) is 38.5 Å². The third-order valence-electron chi connectivity index (χ3n) is 3.91. The van der Waals surface area contributed by atoms with Gasteiger partial charge >= 0.3 is 18.2 Å². The fraction of sp³-hybridized carbons (Fsp3) is 0.444. The number of alkyl halides is 3. The van der Waals surface area contributed by atoms with Gasteiger partial charge in [0, 0.05) is 5.70 Å². The lowest BCUT2D eigenvalue weighted by Gasteiger charge is -2.33. The van der Waals surface area contributed by atoms with Gasteiger partial charge in [0.15, 0.2) is 18.1 Å². The van der Waals surface area contributed by atoms with Gasteiger partial charge in [0.05, 0.1) is 19.8 Å². The van der Waals surface area contributed by atoms with Gasteiger partial charge in [0.1, 0.15) is 5.92 Å². The molecule has 10 heteroatoms. The van der Waals surface area contributed by atoms with Crippen molar-refractivity contribution in [3.63, 3.8) is 0 Å². The van der Waals surface area contributed by atoms with Crippen molar-refractivity contribution in [2.24, 2.45) is 5.92 Å². The van der Waals surface area contributed by atoms with Crippen molar-refractivity contribution < 1.29 is 37.0 Å². The zero-order valence-corrected chi connectivity index (χ0v) is 15.4. The van der Waals surface area contributed by atoms with Crippen molar-refractivity contribution in [1.82, 2.24) is 10.6 Å². The quantitative estimate of drug-likeness (QED) is 0.685. The van der Waals surface area contributed by atoms with Crippen LogP contribution in [0.15, 0.2) is 30.5 Å². The van der Waals surface area contributed by atoms with Crippen LogP contribution in [0.1, 0.15) is 24.9 Å². The Bertz CT molecular complexity index is 751. The van der Waals surface area contributed by atoms with Crippen molar-refractivity contribution in [3.8, 4) is 11.5 Å². The molecule has 0 unspecified atom stereocenters. The molecule has 0 bridgehead atoms. The molecule has 1 fully saturated rings. The monoisotopic (exact) mass is 402 g/mol. The summed E-state index contributed by atoms with van der Waals surface area (Å²) in [6.45, 7) is 4.25. The van der Waals surface area contributed by atoms with Crippen LogP contribution in [0.25, 0.3) is 0 Å². The molecule has 1 aromatic rings. The molecule has 0 saturated carbocycles. The zero-order valence-electron chi connectivity index (χ0n) is 15.4. The first-order chi connectivity index (χ1) is 13.2. The van der Waals surface area contributed by atoms with E-state index in [2.05, 4.69) is 21.9 Å². The average molecular weight is 402 g/mol. The molecule has 1 saturated heterocycles. The predicted octanol–water partition coefficient (Wildman–Crippen LogP) is 3.07. The van der Waals surface area contributed by atoms with Gasteiger partial charge in [-0.15, -0.1) is 0 Å². The summed E-state index contributed by atoms with van der Waals surface area (Å²) in [4.78, 5) is 24.1. The largest absolute Gasteiger partial charge is 0.493 e. The van der Waals surface area contributed by atoms with E-state index in [-0.39, 0.29) is 5.70 Å². The Morgan fingerprint density at radius 1 is 1.29 bits per heavy atom. The molecule has 28 heavy (non-hydrogen) atoms. The maximum atomic E-state index is 12.4. The average Bonchev–Trinajstić information content (AvgIpc) is 2.63. The number of amides is 2. The predicted molar refractivity (Wildman–Crippen MR) is 92.8 cm³/mol. The number of carbonyl (C=O) groups excluding carboxylic acids is 2. The third kappa shape index (κ3) is 5.30. The minimum atomic E-state index is -4.67. The Hall–Kier alpha value is -2.91. The van der Waals surface area contributed by atoms with Gasteiger partial charge < -0.3 is 24.8 Å². The molecule has 7 nitrogen and oxygen atoms in total. The lowest BCUT2D eigenvalue weighted by atomic mass is 9.89. The van der Waals surface area contributed by atoms with Crippen molar-refractivity contribution in [2.75, 3.05) is 20.3 Å². The minimum Gasteiger partial charge on any atom is -0.493 e. The number of hydrogen-bond acceptors (Lipinski definition) is 5.